The SMILES string of the molecule is Cc1cccc(C(=O)O)c1Sc1nnnn1C1CCCC1. The fourth-order valence-electron chi connectivity index (χ4n) is 2.68. The summed E-state index contributed by atoms with van der Waals surface area (Å²) < 4.78 is 1.84. The second-order valence-electron chi connectivity index (χ2n) is 5.20. The Hall–Kier alpha value is -1.89. The van der Waals surface area contributed by atoms with Crippen molar-refractivity contribution in [2.75, 3.05) is 0 Å². The van der Waals surface area contributed by atoms with Crippen LogP contribution in [0.15, 0.2) is 28.3 Å². The van der Waals surface area contributed by atoms with Crippen molar-refractivity contribution in [3.05, 3.63) is 29.3 Å². The van der Waals surface area contributed by atoms with E-state index in [9.17, 15) is 9.90 Å². The van der Waals surface area contributed by atoms with E-state index in [1.165, 1.54) is 24.6 Å². The summed E-state index contributed by atoms with van der Waals surface area (Å²) in [5, 5.41) is 21.9. The molecule has 1 aromatic carbocycles. The molecular formula is C14H16N4O2S. The van der Waals surface area contributed by atoms with E-state index in [0.29, 0.717) is 21.7 Å². The minimum Gasteiger partial charge on any atom is -0.478 e. The van der Waals surface area contributed by atoms with Crippen LogP contribution in [0.5, 0.6) is 0 Å². The molecule has 0 bridgehead atoms. The van der Waals surface area contributed by atoms with Crippen molar-refractivity contribution in [3.63, 3.8) is 0 Å². The van der Waals surface area contributed by atoms with E-state index in [-0.39, 0.29) is 0 Å². The molecule has 0 saturated heterocycles. The monoisotopic (exact) mass is 304 g/mol. The molecule has 0 atom stereocenters. The number of carboxylic acids is 1. The third-order valence-electron chi connectivity index (χ3n) is 3.77. The van der Waals surface area contributed by atoms with E-state index < -0.39 is 5.97 Å². The van der Waals surface area contributed by atoms with Crippen LogP contribution in [0.2, 0.25) is 0 Å². The summed E-state index contributed by atoms with van der Waals surface area (Å²) in [5.41, 5.74) is 1.21. The molecule has 3 rings (SSSR count). The van der Waals surface area contributed by atoms with Gasteiger partial charge in [0.1, 0.15) is 0 Å². The Morgan fingerprint density at radius 3 is 2.86 bits per heavy atom. The fourth-order valence-corrected chi connectivity index (χ4v) is 3.71. The highest BCUT2D eigenvalue weighted by Gasteiger charge is 2.23. The Kier molecular flexibility index (Phi) is 3.92. The standard InChI is InChI=1S/C14H16N4O2S/c1-9-5-4-8-11(13(19)20)12(9)21-14-15-16-17-18(14)10-6-2-3-7-10/h4-5,8,10H,2-3,6-7H2,1H3,(H,19,20). The quantitative estimate of drug-likeness (QED) is 0.935. The van der Waals surface area contributed by atoms with Crippen LogP contribution in [-0.4, -0.2) is 31.3 Å². The normalized spacial score (nSPS) is 15.5. The third-order valence-corrected chi connectivity index (χ3v) is 4.97. The van der Waals surface area contributed by atoms with Crippen LogP contribution in [0, 0.1) is 6.92 Å². The number of rotatable bonds is 4. The highest BCUT2D eigenvalue weighted by atomic mass is 32.2. The average Bonchev–Trinajstić information content (AvgIpc) is 3.11. The first kappa shape index (κ1) is 14.1. The van der Waals surface area contributed by atoms with Gasteiger partial charge in [0.05, 0.1) is 11.6 Å². The summed E-state index contributed by atoms with van der Waals surface area (Å²) in [5.74, 6) is -0.930. The molecule has 7 heteroatoms. The van der Waals surface area contributed by atoms with Gasteiger partial charge in [0.25, 0.3) is 0 Å². The Morgan fingerprint density at radius 2 is 2.14 bits per heavy atom. The van der Waals surface area contributed by atoms with Gasteiger partial charge in [0.15, 0.2) is 0 Å². The average molecular weight is 304 g/mol. The summed E-state index contributed by atoms with van der Waals surface area (Å²) in [6.45, 7) is 1.90. The maximum atomic E-state index is 11.4. The largest absolute Gasteiger partial charge is 0.478 e. The predicted molar refractivity (Wildman–Crippen MR) is 77.6 cm³/mol. The zero-order valence-corrected chi connectivity index (χ0v) is 12.5. The third kappa shape index (κ3) is 2.78. The first-order valence-electron chi connectivity index (χ1n) is 6.95. The fraction of sp³-hybridized carbons (Fsp3) is 0.429. The second kappa shape index (κ2) is 5.85. The number of hydrogen-bond acceptors (Lipinski definition) is 5. The van der Waals surface area contributed by atoms with E-state index in [1.807, 2.05) is 17.7 Å². The molecule has 0 radical (unpaired) electrons. The van der Waals surface area contributed by atoms with E-state index in [2.05, 4.69) is 15.5 Å². The first-order chi connectivity index (χ1) is 10.2. The van der Waals surface area contributed by atoms with E-state index in [4.69, 9.17) is 0 Å². The number of benzene rings is 1. The van der Waals surface area contributed by atoms with Crippen molar-refractivity contribution in [3.8, 4) is 0 Å². The van der Waals surface area contributed by atoms with E-state index >= 15 is 0 Å². The number of hydrogen-bond donors (Lipinski definition) is 1. The van der Waals surface area contributed by atoms with Crippen molar-refractivity contribution in [2.24, 2.45) is 0 Å². The summed E-state index contributed by atoms with van der Waals surface area (Å²) in [6.07, 6.45) is 4.55. The molecule has 0 amide bonds. The lowest BCUT2D eigenvalue weighted by molar-refractivity contribution is 0.0693. The number of nitrogens with zero attached hydrogens (tertiary/aromatic N) is 4. The Morgan fingerprint density at radius 1 is 1.38 bits per heavy atom. The molecule has 6 nitrogen and oxygen atoms in total. The number of aryl methyl sites for hydroxylation is 1. The lowest BCUT2D eigenvalue weighted by Crippen LogP contribution is -2.09. The van der Waals surface area contributed by atoms with Crippen molar-refractivity contribution in [2.45, 2.75) is 48.7 Å². The van der Waals surface area contributed by atoms with Crippen molar-refractivity contribution >= 4 is 17.7 Å². The summed E-state index contributed by atoms with van der Waals surface area (Å²) in [6, 6.07) is 5.60. The number of tetrazole rings is 1. The maximum Gasteiger partial charge on any atom is 0.336 e. The molecule has 110 valence electrons. The lowest BCUT2D eigenvalue weighted by Gasteiger charge is -2.12. The van der Waals surface area contributed by atoms with Crippen LogP contribution in [0.1, 0.15) is 47.6 Å². The summed E-state index contributed by atoms with van der Waals surface area (Å²) in [4.78, 5) is 12.1. The van der Waals surface area contributed by atoms with Crippen LogP contribution in [0.4, 0.5) is 0 Å². The van der Waals surface area contributed by atoms with Crippen molar-refractivity contribution in [1.29, 1.82) is 0 Å². The summed E-state index contributed by atoms with van der Waals surface area (Å²) >= 11 is 1.34. The molecule has 21 heavy (non-hydrogen) atoms. The lowest BCUT2D eigenvalue weighted by atomic mass is 10.1. The smallest absolute Gasteiger partial charge is 0.336 e. The molecule has 2 aromatic rings. The Labute approximate surface area is 126 Å². The molecule has 1 aromatic heterocycles. The number of aromatic nitrogens is 4. The van der Waals surface area contributed by atoms with Gasteiger partial charge in [-0.25, -0.2) is 9.48 Å². The highest BCUT2D eigenvalue weighted by molar-refractivity contribution is 7.99. The van der Waals surface area contributed by atoms with Gasteiger partial charge in [-0.15, -0.1) is 5.10 Å². The van der Waals surface area contributed by atoms with Crippen LogP contribution in [0.3, 0.4) is 0 Å². The van der Waals surface area contributed by atoms with Gasteiger partial charge in [-0.1, -0.05) is 25.0 Å². The number of carbonyl (C=O) groups is 1. The van der Waals surface area contributed by atoms with Crippen molar-refractivity contribution in [1.82, 2.24) is 20.2 Å². The van der Waals surface area contributed by atoms with Gasteiger partial charge in [-0.2, -0.15) is 0 Å². The van der Waals surface area contributed by atoms with Crippen LogP contribution in [0.25, 0.3) is 0 Å². The minimum atomic E-state index is -0.930. The van der Waals surface area contributed by atoms with Crippen LogP contribution in [-0.2, 0) is 0 Å². The molecule has 1 aliphatic rings. The molecule has 1 aliphatic carbocycles. The topological polar surface area (TPSA) is 80.9 Å². The first-order valence-corrected chi connectivity index (χ1v) is 7.77. The molecule has 1 saturated carbocycles. The molecular weight excluding hydrogens is 288 g/mol. The Balaban J connectivity index is 1.94. The second-order valence-corrected chi connectivity index (χ2v) is 6.18. The van der Waals surface area contributed by atoms with Gasteiger partial charge >= 0.3 is 5.97 Å². The molecule has 0 spiro atoms. The number of carboxylic acid groups (broad SMARTS) is 1. The Bertz CT molecular complexity index is 665. The van der Waals surface area contributed by atoms with Gasteiger partial charge in [-0.3, -0.25) is 0 Å². The molecule has 1 fully saturated rings. The molecule has 1 N–H and O–H groups in total. The minimum absolute atomic E-state index is 0.293. The molecule has 0 aliphatic heterocycles. The van der Waals surface area contributed by atoms with Gasteiger partial charge < -0.3 is 5.11 Å². The molecule has 1 heterocycles. The van der Waals surface area contributed by atoms with E-state index in [0.717, 1.165) is 18.4 Å². The van der Waals surface area contributed by atoms with Gasteiger partial charge in [0, 0.05) is 4.90 Å². The van der Waals surface area contributed by atoms with Crippen LogP contribution >= 0.6 is 11.8 Å². The van der Waals surface area contributed by atoms with Gasteiger partial charge in [-0.05, 0) is 53.6 Å². The van der Waals surface area contributed by atoms with E-state index in [1.54, 1.807) is 12.1 Å². The summed E-state index contributed by atoms with van der Waals surface area (Å²) in [7, 11) is 0. The zero-order chi connectivity index (χ0) is 14.8. The maximum absolute atomic E-state index is 11.4. The van der Waals surface area contributed by atoms with Crippen LogP contribution < -0.4 is 0 Å². The predicted octanol–water partition coefficient (Wildman–Crippen LogP) is 2.95. The molecule has 0 unspecified atom stereocenters. The number of aromatic carboxylic acids is 1. The van der Waals surface area contributed by atoms with Gasteiger partial charge in [0.2, 0.25) is 5.16 Å². The zero-order valence-electron chi connectivity index (χ0n) is 11.7. The highest BCUT2D eigenvalue weighted by Crippen LogP contribution is 2.36. The van der Waals surface area contributed by atoms with Crippen molar-refractivity contribution < 1.29 is 9.90 Å².